The third kappa shape index (κ3) is 3.25. The average Bonchev–Trinajstić information content (AvgIpc) is 3.32. The third-order valence-corrected chi connectivity index (χ3v) is 5.68. The Bertz CT molecular complexity index is 1270. The third-order valence-electron chi connectivity index (χ3n) is 4.76. The van der Waals surface area contributed by atoms with Crippen LogP contribution in [0, 0.1) is 13.8 Å². The van der Waals surface area contributed by atoms with Gasteiger partial charge in [0.05, 0.1) is 11.3 Å². The number of rotatable bonds is 4. The molecule has 2 aromatic carbocycles. The Labute approximate surface area is 171 Å². The van der Waals surface area contributed by atoms with Gasteiger partial charge in [-0.3, -0.25) is 9.20 Å². The van der Waals surface area contributed by atoms with E-state index < -0.39 is 0 Å². The molecule has 0 unspecified atom stereocenters. The molecule has 5 rings (SSSR count). The SMILES string of the molecule is Cc1cccc(NC(=O)CSc2nnc3c(C)cc4cc5c(cc4n23)OCO5)c1. The Morgan fingerprint density at radius 3 is 2.79 bits per heavy atom. The van der Waals surface area contributed by atoms with Crippen molar-refractivity contribution < 1.29 is 14.3 Å². The van der Waals surface area contributed by atoms with Gasteiger partial charge in [0.2, 0.25) is 12.7 Å². The number of aromatic nitrogens is 3. The Morgan fingerprint density at radius 2 is 1.97 bits per heavy atom. The molecule has 0 aliphatic carbocycles. The fourth-order valence-electron chi connectivity index (χ4n) is 3.44. The van der Waals surface area contributed by atoms with E-state index in [1.54, 1.807) is 0 Å². The lowest BCUT2D eigenvalue weighted by Gasteiger charge is -2.09. The number of carbonyl (C=O) groups is 1. The molecule has 0 atom stereocenters. The summed E-state index contributed by atoms with van der Waals surface area (Å²) in [6, 6.07) is 13.7. The second-order valence-electron chi connectivity index (χ2n) is 6.94. The first kappa shape index (κ1) is 17.8. The van der Waals surface area contributed by atoms with Gasteiger partial charge in [-0.15, -0.1) is 10.2 Å². The number of hydrogen-bond acceptors (Lipinski definition) is 6. The first-order valence-corrected chi connectivity index (χ1v) is 10.1. The molecule has 0 spiro atoms. The summed E-state index contributed by atoms with van der Waals surface area (Å²) in [7, 11) is 0. The number of amides is 1. The second-order valence-corrected chi connectivity index (χ2v) is 7.88. The molecule has 146 valence electrons. The van der Waals surface area contributed by atoms with Crippen LogP contribution in [-0.2, 0) is 4.79 Å². The summed E-state index contributed by atoms with van der Waals surface area (Å²) in [5.41, 5.74) is 4.56. The van der Waals surface area contributed by atoms with Gasteiger partial charge in [0, 0.05) is 17.1 Å². The highest BCUT2D eigenvalue weighted by atomic mass is 32.2. The fourth-order valence-corrected chi connectivity index (χ4v) is 4.18. The van der Waals surface area contributed by atoms with Crippen molar-refractivity contribution >= 4 is 39.9 Å². The lowest BCUT2D eigenvalue weighted by molar-refractivity contribution is -0.113. The molecule has 2 aromatic heterocycles. The van der Waals surface area contributed by atoms with Crippen LogP contribution in [0.4, 0.5) is 5.69 Å². The van der Waals surface area contributed by atoms with E-state index in [1.807, 2.05) is 54.6 Å². The van der Waals surface area contributed by atoms with Crippen molar-refractivity contribution in [3.05, 3.63) is 53.6 Å². The average molecular weight is 406 g/mol. The number of thioether (sulfide) groups is 1. The second kappa shape index (κ2) is 6.97. The van der Waals surface area contributed by atoms with Crippen LogP contribution in [0.5, 0.6) is 11.5 Å². The van der Waals surface area contributed by atoms with E-state index in [-0.39, 0.29) is 18.5 Å². The van der Waals surface area contributed by atoms with Crippen LogP contribution in [-0.4, -0.2) is 33.1 Å². The first-order chi connectivity index (χ1) is 14.1. The highest BCUT2D eigenvalue weighted by Crippen LogP contribution is 2.37. The van der Waals surface area contributed by atoms with E-state index in [9.17, 15) is 4.79 Å². The number of aryl methyl sites for hydroxylation is 2. The number of nitrogens with zero attached hydrogens (tertiary/aromatic N) is 3. The van der Waals surface area contributed by atoms with Crippen molar-refractivity contribution in [1.29, 1.82) is 0 Å². The minimum atomic E-state index is -0.0908. The molecule has 0 bridgehead atoms. The van der Waals surface area contributed by atoms with Gasteiger partial charge >= 0.3 is 0 Å². The summed E-state index contributed by atoms with van der Waals surface area (Å²) in [6.45, 7) is 4.20. The fraction of sp³-hybridized carbons (Fsp3) is 0.190. The molecule has 1 amide bonds. The van der Waals surface area contributed by atoms with E-state index in [1.165, 1.54) is 11.8 Å². The van der Waals surface area contributed by atoms with E-state index in [0.717, 1.165) is 39.1 Å². The molecule has 1 aliphatic rings. The van der Waals surface area contributed by atoms with Crippen molar-refractivity contribution in [2.24, 2.45) is 0 Å². The van der Waals surface area contributed by atoms with Gasteiger partial charge in [-0.2, -0.15) is 0 Å². The molecule has 0 radical (unpaired) electrons. The molecule has 7 nitrogen and oxygen atoms in total. The summed E-state index contributed by atoms with van der Waals surface area (Å²) in [5.74, 6) is 1.57. The summed E-state index contributed by atoms with van der Waals surface area (Å²) < 4.78 is 13.0. The summed E-state index contributed by atoms with van der Waals surface area (Å²) in [6.07, 6.45) is 0. The van der Waals surface area contributed by atoms with Crippen LogP contribution >= 0.6 is 11.8 Å². The molecule has 0 fully saturated rings. The maximum Gasteiger partial charge on any atom is 0.234 e. The van der Waals surface area contributed by atoms with Crippen molar-refractivity contribution in [2.75, 3.05) is 17.9 Å². The number of ether oxygens (including phenoxy) is 2. The molecule has 29 heavy (non-hydrogen) atoms. The quantitative estimate of drug-likeness (QED) is 0.517. The number of carbonyl (C=O) groups excluding carboxylic acids is 1. The van der Waals surface area contributed by atoms with Gasteiger partial charge in [-0.05, 0) is 49.2 Å². The van der Waals surface area contributed by atoms with Crippen LogP contribution in [0.3, 0.4) is 0 Å². The number of pyridine rings is 1. The molecule has 1 aliphatic heterocycles. The van der Waals surface area contributed by atoms with Gasteiger partial charge in [0.15, 0.2) is 22.3 Å². The van der Waals surface area contributed by atoms with E-state index in [4.69, 9.17) is 9.47 Å². The molecule has 3 heterocycles. The Morgan fingerprint density at radius 1 is 1.14 bits per heavy atom. The van der Waals surface area contributed by atoms with Crippen LogP contribution in [0.15, 0.2) is 47.6 Å². The minimum absolute atomic E-state index is 0.0908. The highest BCUT2D eigenvalue weighted by Gasteiger charge is 2.19. The van der Waals surface area contributed by atoms with Crippen molar-refractivity contribution in [2.45, 2.75) is 19.0 Å². The van der Waals surface area contributed by atoms with Crippen LogP contribution < -0.4 is 14.8 Å². The van der Waals surface area contributed by atoms with E-state index >= 15 is 0 Å². The normalized spacial score (nSPS) is 12.6. The Kier molecular flexibility index (Phi) is 4.28. The zero-order valence-electron chi connectivity index (χ0n) is 15.9. The predicted molar refractivity (Wildman–Crippen MR) is 112 cm³/mol. The topological polar surface area (TPSA) is 77.8 Å². The van der Waals surface area contributed by atoms with E-state index in [2.05, 4.69) is 21.6 Å². The van der Waals surface area contributed by atoms with Gasteiger partial charge in [-0.25, -0.2) is 0 Å². The maximum absolute atomic E-state index is 12.4. The van der Waals surface area contributed by atoms with Gasteiger partial charge in [-0.1, -0.05) is 23.9 Å². The van der Waals surface area contributed by atoms with E-state index in [0.29, 0.717) is 10.9 Å². The molecular formula is C21H18N4O3S. The monoisotopic (exact) mass is 406 g/mol. The zero-order valence-corrected chi connectivity index (χ0v) is 16.7. The van der Waals surface area contributed by atoms with Crippen LogP contribution in [0.2, 0.25) is 0 Å². The lowest BCUT2D eigenvalue weighted by atomic mass is 10.1. The molecule has 8 heteroatoms. The lowest BCUT2D eigenvalue weighted by Crippen LogP contribution is -2.14. The number of nitrogens with one attached hydrogen (secondary N) is 1. The van der Waals surface area contributed by atoms with Crippen LogP contribution in [0.1, 0.15) is 11.1 Å². The Balaban J connectivity index is 1.46. The van der Waals surface area contributed by atoms with Crippen molar-refractivity contribution in [3.63, 3.8) is 0 Å². The standard InChI is InChI=1S/C21H18N4O3S/c1-12-4-3-5-15(6-12)22-19(26)10-29-21-24-23-20-13(2)7-14-8-17-18(28-11-27-17)9-16(14)25(20)21/h3-9H,10-11H2,1-2H3,(H,22,26). The molecule has 0 saturated heterocycles. The zero-order chi connectivity index (χ0) is 20.0. The minimum Gasteiger partial charge on any atom is -0.454 e. The molecule has 4 aromatic rings. The molecule has 1 N–H and O–H groups in total. The molecule has 0 saturated carbocycles. The number of anilines is 1. The van der Waals surface area contributed by atoms with Crippen LogP contribution in [0.25, 0.3) is 16.6 Å². The predicted octanol–water partition coefficient (Wildman–Crippen LogP) is 3.96. The van der Waals surface area contributed by atoms with Crippen molar-refractivity contribution in [3.8, 4) is 11.5 Å². The maximum atomic E-state index is 12.4. The number of benzene rings is 2. The van der Waals surface area contributed by atoms with Gasteiger partial charge in [0.1, 0.15) is 0 Å². The first-order valence-electron chi connectivity index (χ1n) is 9.16. The summed E-state index contributed by atoms with van der Waals surface area (Å²) >= 11 is 1.35. The molecular weight excluding hydrogens is 388 g/mol. The summed E-state index contributed by atoms with van der Waals surface area (Å²) in [4.78, 5) is 12.4. The summed E-state index contributed by atoms with van der Waals surface area (Å²) in [5, 5.41) is 13.2. The smallest absolute Gasteiger partial charge is 0.234 e. The van der Waals surface area contributed by atoms with Gasteiger partial charge in [0.25, 0.3) is 0 Å². The number of fused-ring (bicyclic) bond motifs is 4. The Hall–Kier alpha value is -3.26. The highest BCUT2D eigenvalue weighted by molar-refractivity contribution is 7.99. The van der Waals surface area contributed by atoms with Crippen molar-refractivity contribution in [1.82, 2.24) is 14.6 Å². The van der Waals surface area contributed by atoms with Gasteiger partial charge < -0.3 is 14.8 Å². The largest absolute Gasteiger partial charge is 0.454 e. The number of hydrogen-bond donors (Lipinski definition) is 1.